The first-order valence-corrected chi connectivity index (χ1v) is 6.32. The highest BCUT2D eigenvalue weighted by molar-refractivity contribution is 7.18. The molecule has 1 aromatic carbocycles. The standard InChI is InChI=1S/C12H8Cl2O2S/c1-16-9-3-2-7(13)6-8(9)12(15)10-4-5-11(14)17-10/h2-6H,1H3. The topological polar surface area (TPSA) is 26.3 Å². The van der Waals surface area contributed by atoms with E-state index in [4.69, 9.17) is 27.9 Å². The van der Waals surface area contributed by atoms with Crippen LogP contribution in [0.25, 0.3) is 0 Å². The minimum absolute atomic E-state index is 0.138. The van der Waals surface area contributed by atoms with Crippen LogP contribution >= 0.6 is 34.5 Å². The number of hydrogen-bond donors (Lipinski definition) is 0. The molecule has 0 bridgehead atoms. The van der Waals surface area contributed by atoms with Crippen LogP contribution in [0.2, 0.25) is 9.36 Å². The second-order valence-electron chi connectivity index (χ2n) is 3.28. The van der Waals surface area contributed by atoms with Crippen LogP contribution in [0.1, 0.15) is 15.2 Å². The molecule has 0 saturated carbocycles. The lowest BCUT2D eigenvalue weighted by Crippen LogP contribution is -2.01. The molecule has 0 N–H and O–H groups in total. The zero-order valence-corrected chi connectivity index (χ0v) is 11.2. The summed E-state index contributed by atoms with van der Waals surface area (Å²) in [6, 6.07) is 8.33. The van der Waals surface area contributed by atoms with Gasteiger partial charge in [-0.25, -0.2) is 0 Å². The van der Waals surface area contributed by atoms with E-state index >= 15 is 0 Å². The Bertz CT molecular complexity index is 563. The van der Waals surface area contributed by atoms with Crippen LogP contribution in [-0.2, 0) is 0 Å². The summed E-state index contributed by atoms with van der Waals surface area (Å²) in [5.41, 5.74) is 0.443. The van der Waals surface area contributed by atoms with Crippen molar-refractivity contribution in [3.05, 3.63) is 50.1 Å². The summed E-state index contributed by atoms with van der Waals surface area (Å²) in [7, 11) is 1.52. The summed E-state index contributed by atoms with van der Waals surface area (Å²) in [5, 5.41) is 0.497. The first-order chi connectivity index (χ1) is 8.11. The van der Waals surface area contributed by atoms with Gasteiger partial charge in [0.15, 0.2) is 0 Å². The van der Waals surface area contributed by atoms with Crippen molar-refractivity contribution in [3.63, 3.8) is 0 Å². The van der Waals surface area contributed by atoms with E-state index in [9.17, 15) is 4.79 Å². The first-order valence-electron chi connectivity index (χ1n) is 4.75. The highest BCUT2D eigenvalue weighted by atomic mass is 35.5. The molecule has 1 heterocycles. The molecule has 2 rings (SSSR count). The fourth-order valence-electron chi connectivity index (χ4n) is 1.43. The second-order valence-corrected chi connectivity index (χ2v) is 5.43. The van der Waals surface area contributed by atoms with Crippen molar-refractivity contribution >= 4 is 40.3 Å². The quantitative estimate of drug-likeness (QED) is 0.787. The molecular weight excluding hydrogens is 279 g/mol. The molecule has 5 heteroatoms. The zero-order valence-electron chi connectivity index (χ0n) is 8.87. The van der Waals surface area contributed by atoms with E-state index in [2.05, 4.69) is 0 Å². The molecular formula is C12H8Cl2O2S. The van der Waals surface area contributed by atoms with Gasteiger partial charge >= 0.3 is 0 Å². The van der Waals surface area contributed by atoms with Crippen LogP contribution in [0.5, 0.6) is 5.75 Å². The van der Waals surface area contributed by atoms with Crippen molar-refractivity contribution in [1.82, 2.24) is 0 Å². The maximum Gasteiger partial charge on any atom is 0.206 e. The fraction of sp³-hybridized carbons (Fsp3) is 0.0833. The number of hydrogen-bond acceptors (Lipinski definition) is 3. The van der Waals surface area contributed by atoms with Crippen molar-refractivity contribution < 1.29 is 9.53 Å². The third-order valence-corrected chi connectivity index (χ3v) is 3.67. The molecule has 0 spiro atoms. The van der Waals surface area contributed by atoms with Crippen LogP contribution in [0, 0.1) is 0 Å². The van der Waals surface area contributed by atoms with Crippen LogP contribution in [0.15, 0.2) is 30.3 Å². The molecule has 1 aromatic heterocycles. The van der Waals surface area contributed by atoms with Crippen LogP contribution in [0.4, 0.5) is 0 Å². The number of ketones is 1. The molecule has 0 aliphatic heterocycles. The number of thiophene rings is 1. The highest BCUT2D eigenvalue weighted by Gasteiger charge is 2.16. The van der Waals surface area contributed by atoms with Gasteiger partial charge < -0.3 is 4.74 Å². The van der Waals surface area contributed by atoms with E-state index in [1.54, 1.807) is 30.3 Å². The lowest BCUT2D eigenvalue weighted by atomic mass is 10.1. The van der Waals surface area contributed by atoms with E-state index in [1.807, 2.05) is 0 Å². The smallest absolute Gasteiger partial charge is 0.206 e. The molecule has 2 nitrogen and oxygen atoms in total. The SMILES string of the molecule is COc1ccc(Cl)cc1C(=O)c1ccc(Cl)s1. The molecule has 88 valence electrons. The Balaban J connectivity index is 2.46. The zero-order chi connectivity index (χ0) is 12.4. The summed E-state index contributed by atoms with van der Waals surface area (Å²) in [6.45, 7) is 0. The van der Waals surface area contributed by atoms with Crippen molar-refractivity contribution in [3.8, 4) is 5.75 Å². The number of carbonyl (C=O) groups is 1. The summed E-state index contributed by atoms with van der Waals surface area (Å²) in [5.74, 6) is 0.366. The van der Waals surface area contributed by atoms with Gasteiger partial charge in [0.05, 0.1) is 21.9 Å². The van der Waals surface area contributed by atoms with Crippen molar-refractivity contribution in [2.45, 2.75) is 0 Å². The van der Waals surface area contributed by atoms with E-state index in [-0.39, 0.29) is 5.78 Å². The van der Waals surface area contributed by atoms with Gasteiger partial charge in [-0.2, -0.15) is 0 Å². The molecule has 17 heavy (non-hydrogen) atoms. The maximum absolute atomic E-state index is 12.2. The number of carbonyl (C=O) groups excluding carboxylic acids is 1. The first kappa shape index (κ1) is 12.4. The molecule has 0 unspecified atom stereocenters. The van der Waals surface area contributed by atoms with Gasteiger partial charge in [-0.1, -0.05) is 23.2 Å². The summed E-state index contributed by atoms with van der Waals surface area (Å²) < 4.78 is 5.72. The Morgan fingerprint density at radius 3 is 2.59 bits per heavy atom. The Labute approximate surface area is 113 Å². The molecule has 0 saturated heterocycles. The van der Waals surface area contributed by atoms with Crippen LogP contribution < -0.4 is 4.74 Å². The third-order valence-electron chi connectivity index (χ3n) is 2.20. The van der Waals surface area contributed by atoms with Gasteiger partial charge in [-0.3, -0.25) is 4.79 Å². The third kappa shape index (κ3) is 2.63. The van der Waals surface area contributed by atoms with E-state index in [0.29, 0.717) is 25.5 Å². The maximum atomic E-state index is 12.2. The average molecular weight is 287 g/mol. The van der Waals surface area contributed by atoms with E-state index in [0.717, 1.165) is 0 Å². The number of methoxy groups -OCH3 is 1. The van der Waals surface area contributed by atoms with E-state index < -0.39 is 0 Å². The van der Waals surface area contributed by atoms with Crippen LogP contribution in [-0.4, -0.2) is 12.9 Å². The second kappa shape index (κ2) is 5.08. The molecule has 0 atom stereocenters. The predicted molar refractivity (Wildman–Crippen MR) is 70.8 cm³/mol. The largest absolute Gasteiger partial charge is 0.496 e. The Morgan fingerprint density at radius 1 is 1.24 bits per heavy atom. The van der Waals surface area contributed by atoms with Gasteiger partial charge in [-0.15, -0.1) is 11.3 Å². The van der Waals surface area contributed by atoms with Crippen molar-refractivity contribution in [2.24, 2.45) is 0 Å². The molecule has 0 radical (unpaired) electrons. The molecule has 0 amide bonds. The van der Waals surface area contributed by atoms with Gasteiger partial charge in [0.25, 0.3) is 0 Å². The number of benzene rings is 1. The van der Waals surface area contributed by atoms with Crippen LogP contribution in [0.3, 0.4) is 0 Å². The Morgan fingerprint density at radius 2 is 2.00 bits per heavy atom. The highest BCUT2D eigenvalue weighted by Crippen LogP contribution is 2.29. The fourth-order valence-corrected chi connectivity index (χ4v) is 2.60. The summed E-state index contributed by atoms with van der Waals surface area (Å²) in [6.07, 6.45) is 0. The Hall–Kier alpha value is -1.03. The molecule has 0 aliphatic carbocycles. The van der Waals surface area contributed by atoms with Gasteiger partial charge in [0.1, 0.15) is 5.75 Å². The van der Waals surface area contributed by atoms with Crippen molar-refractivity contribution in [2.75, 3.05) is 7.11 Å². The van der Waals surface area contributed by atoms with Crippen molar-refractivity contribution in [1.29, 1.82) is 0 Å². The minimum Gasteiger partial charge on any atom is -0.496 e. The Kier molecular flexibility index (Phi) is 3.72. The number of rotatable bonds is 3. The van der Waals surface area contributed by atoms with E-state index in [1.165, 1.54) is 18.4 Å². The summed E-state index contributed by atoms with van der Waals surface area (Å²) in [4.78, 5) is 12.8. The van der Waals surface area contributed by atoms with Gasteiger partial charge in [0.2, 0.25) is 5.78 Å². The lowest BCUT2D eigenvalue weighted by Gasteiger charge is -2.06. The minimum atomic E-state index is -0.138. The molecule has 0 fully saturated rings. The normalized spacial score (nSPS) is 10.3. The number of ether oxygens (including phenoxy) is 1. The predicted octanol–water partition coefficient (Wildman–Crippen LogP) is 4.29. The summed E-state index contributed by atoms with van der Waals surface area (Å²) >= 11 is 12.9. The lowest BCUT2D eigenvalue weighted by molar-refractivity contribution is 0.103. The molecule has 2 aromatic rings. The average Bonchev–Trinajstić information content (AvgIpc) is 2.75. The van der Waals surface area contributed by atoms with Gasteiger partial charge in [-0.05, 0) is 30.3 Å². The monoisotopic (exact) mass is 286 g/mol. The van der Waals surface area contributed by atoms with Gasteiger partial charge in [0, 0.05) is 5.02 Å². The number of halogens is 2. The molecule has 0 aliphatic rings.